The fourth-order valence-corrected chi connectivity index (χ4v) is 10.6. The predicted octanol–water partition coefficient (Wildman–Crippen LogP) is 4.15. The van der Waals surface area contributed by atoms with E-state index in [9.17, 15) is 56.5 Å². The predicted molar refractivity (Wildman–Crippen MR) is 282 cm³/mol. The number of anilines is 3. The first kappa shape index (κ1) is 63.7. The number of halogens is 4. The first-order valence-corrected chi connectivity index (χ1v) is 27.5. The van der Waals surface area contributed by atoms with E-state index in [0.29, 0.717) is 43.2 Å². The number of nitrogens with zero attached hydrogens (tertiary/aromatic N) is 8. The first-order valence-electron chi connectivity index (χ1n) is 23.9. The third-order valence-corrected chi connectivity index (χ3v) is 15.3. The number of amides is 2. The number of Topliss-reactive ketones (excluding diaryl/α,β-unsaturated/α-hetero) is 1. The third-order valence-electron chi connectivity index (χ3n) is 11.0. The molecule has 8 heterocycles. The number of aliphatic carboxylic acids is 1. The summed E-state index contributed by atoms with van der Waals surface area (Å²) in [4.78, 5) is 93.9. The number of oxazole rings is 2. The summed E-state index contributed by atoms with van der Waals surface area (Å²) in [6.45, 7) is 10.4. The smallest absolute Gasteiger partial charge is 0.351 e. The lowest BCUT2D eigenvalue weighted by Crippen LogP contribution is -2.41. The molecule has 0 bridgehead atoms. The van der Waals surface area contributed by atoms with E-state index < -0.39 is 104 Å². The summed E-state index contributed by atoms with van der Waals surface area (Å²) in [7, 11) is 0. The number of hydrogen-bond acceptors (Lipinski definition) is 25. The zero-order valence-corrected chi connectivity index (χ0v) is 46.9. The minimum Gasteiger partial charge on any atom is -0.481 e. The number of aliphatic hydroxyl groups excluding tert-OH is 4. The van der Waals surface area contributed by atoms with E-state index >= 15 is 0 Å². The molecule has 6 aromatic rings. The normalized spacial score (nSPS) is 20.2. The second-order valence-corrected chi connectivity index (χ2v) is 24.4. The van der Waals surface area contributed by atoms with Crippen LogP contribution < -0.4 is 27.7 Å². The van der Waals surface area contributed by atoms with Crippen LogP contribution in [-0.2, 0) is 57.4 Å². The van der Waals surface area contributed by atoms with Crippen molar-refractivity contribution in [3.8, 4) is 0 Å². The number of thioether (sulfide) groups is 2. The average molecular weight is 1220 g/mol. The fraction of sp³-hybridized carbons (Fsp3) is 0.489. The molecule has 440 valence electrons. The molecule has 0 radical (unpaired) electrons. The van der Waals surface area contributed by atoms with Crippen LogP contribution in [0, 0.1) is 0 Å². The van der Waals surface area contributed by atoms with Gasteiger partial charge in [0.1, 0.15) is 53.2 Å². The highest BCUT2D eigenvalue weighted by Crippen LogP contribution is 2.43. The van der Waals surface area contributed by atoms with Gasteiger partial charge in [-0.3, -0.25) is 28.3 Å². The standard InChI is InChI=1S/C23H26F2N6O7S2.C15H18N2O4S2.C9H11F2N3O4/c1-22(2,3)18-26-7-11(37-18)10-39-16-8-27-20(40-16)30-15(34)6-14(33)28-13-4-5-31(21(36)29-13)19-23(24,25)17(35)12(9-32)38-19;1-15(2,3)14-17-6-10(21-14)8-22-13-7-16-11(23-13)4-9(18)5-12(19)20;10-9(11)6(16)4(3-15)18-7(9)14-2-1-5(12)13-8(14)17/h4-5,7-8,12,17,19,32,35H,6,9-10H2,1-3H3,(H,27,30,34)(H,28,29,33,36);6-7H,4-5,8H2,1-3H3,(H,19,20);1-2,4,6-7,15-16H,3H2,(H2,12,13,17)/t12-,17?,19-;;4-,6?,7-/m1.1/s1. The van der Waals surface area contributed by atoms with Gasteiger partial charge in [-0.05, 0) is 12.1 Å². The molecule has 0 saturated carbocycles. The number of carbonyl (C=O) groups excluding carboxylic acids is 3. The molecule has 2 aliphatic heterocycles. The van der Waals surface area contributed by atoms with Gasteiger partial charge in [-0.2, -0.15) is 27.5 Å². The molecule has 8 rings (SSSR count). The van der Waals surface area contributed by atoms with Crippen molar-refractivity contribution in [3.63, 3.8) is 0 Å². The first-order chi connectivity index (χ1) is 37.9. The summed E-state index contributed by atoms with van der Waals surface area (Å²) in [5, 5.41) is 51.1. The number of aliphatic hydroxyl groups is 4. The largest absolute Gasteiger partial charge is 0.481 e. The number of ketones is 1. The molecule has 2 fully saturated rings. The van der Waals surface area contributed by atoms with Crippen LogP contribution in [0.4, 0.5) is 34.3 Å². The molecule has 26 nitrogen and oxygen atoms in total. The van der Waals surface area contributed by atoms with E-state index in [1.165, 1.54) is 34.4 Å². The van der Waals surface area contributed by atoms with Gasteiger partial charge in [0, 0.05) is 23.2 Å². The van der Waals surface area contributed by atoms with Crippen LogP contribution >= 0.6 is 46.2 Å². The highest BCUT2D eigenvalue weighted by atomic mass is 32.2. The Kier molecular flexibility index (Phi) is 20.9. The number of thiazole rings is 2. The number of nitrogens with two attached hydrogens (primary N) is 1. The molecule has 0 aliphatic carbocycles. The Morgan fingerprint density at radius 1 is 0.704 bits per heavy atom. The molecule has 2 saturated heterocycles. The van der Waals surface area contributed by atoms with Crippen molar-refractivity contribution in [2.24, 2.45) is 0 Å². The summed E-state index contributed by atoms with van der Waals surface area (Å²) in [6, 6.07) is 2.21. The van der Waals surface area contributed by atoms with Crippen molar-refractivity contribution in [3.05, 3.63) is 98.6 Å². The van der Waals surface area contributed by atoms with Gasteiger partial charge in [0.25, 0.3) is 0 Å². The highest BCUT2D eigenvalue weighted by molar-refractivity contribution is 8.00. The summed E-state index contributed by atoms with van der Waals surface area (Å²) in [6.07, 6.45) is -4.27. The molecule has 9 N–H and O–H groups in total. The van der Waals surface area contributed by atoms with Crippen molar-refractivity contribution in [1.82, 2.24) is 39.0 Å². The zero-order chi connectivity index (χ0) is 59.8. The molecule has 0 aromatic carbocycles. The SMILES string of the molecule is CC(C)(C)c1ncc(CSc2cnc(CC(=O)CC(=O)O)s2)o1.CC(C)(C)c1ncc(CSc2cnc(NC(=O)CC(=O)Nc3ccn([C@@H]4O[C@H](CO)C(O)C4(F)F)c(=O)n3)s2)o1.Nc1ccn([C@@H]2O[C@H](CO)C(O)C2(F)F)c(=O)n1. The number of rotatable bonds is 18. The van der Waals surface area contributed by atoms with Crippen molar-refractivity contribution < 1.29 is 80.6 Å². The maximum Gasteiger partial charge on any atom is 0.351 e. The zero-order valence-electron chi connectivity index (χ0n) is 43.7. The minimum absolute atomic E-state index is 0.0635. The summed E-state index contributed by atoms with van der Waals surface area (Å²) in [5.41, 5.74) is 2.68. The number of ether oxygens (including phenoxy) is 2. The molecule has 6 aromatic heterocycles. The molecular weight excluding hydrogens is 1160 g/mol. The lowest BCUT2D eigenvalue weighted by Gasteiger charge is -2.21. The second-order valence-electron chi connectivity index (χ2n) is 19.7. The molecule has 2 unspecified atom stereocenters. The van der Waals surface area contributed by atoms with Crippen LogP contribution in [0.25, 0.3) is 0 Å². The topological polar surface area (TPSA) is 386 Å². The summed E-state index contributed by atoms with van der Waals surface area (Å²) in [5.74, 6) is -6.95. The Morgan fingerprint density at radius 2 is 1.19 bits per heavy atom. The quantitative estimate of drug-likeness (QED) is 0.0340. The van der Waals surface area contributed by atoms with Gasteiger partial charge in [0.15, 0.2) is 34.9 Å². The van der Waals surface area contributed by atoms with Crippen LogP contribution in [0.5, 0.6) is 0 Å². The number of hydrogen-bond donors (Lipinski definition) is 8. The van der Waals surface area contributed by atoms with Crippen LogP contribution in [0.3, 0.4) is 0 Å². The Morgan fingerprint density at radius 3 is 1.64 bits per heavy atom. The maximum absolute atomic E-state index is 14.3. The van der Waals surface area contributed by atoms with E-state index in [-0.39, 0.29) is 39.8 Å². The fourth-order valence-electron chi connectivity index (χ4n) is 6.95. The molecule has 2 amide bonds. The van der Waals surface area contributed by atoms with Gasteiger partial charge in [0.2, 0.25) is 24.3 Å². The van der Waals surface area contributed by atoms with Gasteiger partial charge in [-0.1, -0.05) is 52.9 Å². The van der Waals surface area contributed by atoms with E-state index in [0.717, 1.165) is 38.7 Å². The number of nitrogens with one attached hydrogen (secondary N) is 2. The van der Waals surface area contributed by atoms with E-state index in [4.69, 9.17) is 39.4 Å². The second kappa shape index (κ2) is 26.6. The van der Waals surface area contributed by atoms with E-state index in [1.807, 2.05) is 41.5 Å². The minimum atomic E-state index is -3.87. The number of nitrogen functional groups attached to an aromatic ring is 1. The maximum atomic E-state index is 14.3. The van der Waals surface area contributed by atoms with Gasteiger partial charge in [-0.15, -0.1) is 34.9 Å². The van der Waals surface area contributed by atoms with Crippen LogP contribution in [-0.4, -0.2) is 138 Å². The highest BCUT2D eigenvalue weighted by Gasteiger charge is 2.60. The van der Waals surface area contributed by atoms with Crippen LogP contribution in [0.15, 0.2) is 76.2 Å². The number of alkyl halides is 4. The number of carboxylic acids is 1. The number of carbonyl (C=O) groups is 4. The summed E-state index contributed by atoms with van der Waals surface area (Å²) >= 11 is 5.60. The van der Waals surface area contributed by atoms with Crippen LogP contribution in [0.2, 0.25) is 0 Å². The van der Waals surface area contributed by atoms with Gasteiger partial charge >= 0.3 is 29.2 Å². The van der Waals surface area contributed by atoms with Gasteiger partial charge in [0.05, 0.1) is 64.3 Å². The van der Waals surface area contributed by atoms with E-state index in [1.54, 1.807) is 36.5 Å². The Hall–Kier alpha value is -6.50. The van der Waals surface area contributed by atoms with E-state index in [2.05, 4.69) is 40.5 Å². The molecule has 2 aliphatic rings. The van der Waals surface area contributed by atoms with Crippen molar-refractivity contribution >= 4 is 86.5 Å². The lowest BCUT2D eigenvalue weighted by atomic mass is 9.97. The number of carboxylic acid groups (broad SMARTS) is 1. The lowest BCUT2D eigenvalue weighted by molar-refractivity contribution is -0.141. The van der Waals surface area contributed by atoms with Crippen molar-refractivity contribution in [2.75, 3.05) is 29.6 Å². The van der Waals surface area contributed by atoms with Crippen LogP contribution in [0.1, 0.15) is 95.1 Å². The molecule has 81 heavy (non-hydrogen) atoms. The Bertz CT molecular complexity index is 3280. The Balaban J connectivity index is 0.000000217. The number of aromatic nitrogens is 8. The molecule has 6 atom stereocenters. The van der Waals surface area contributed by atoms with Crippen molar-refractivity contribution in [2.45, 2.75) is 140 Å². The summed E-state index contributed by atoms with van der Waals surface area (Å²) < 4.78 is 79.9. The Labute approximate surface area is 472 Å². The van der Waals surface area contributed by atoms with Crippen molar-refractivity contribution in [1.29, 1.82) is 0 Å². The third kappa shape index (κ3) is 16.8. The molecule has 34 heteroatoms. The van der Waals surface area contributed by atoms with Gasteiger partial charge in [-0.25, -0.2) is 29.5 Å². The van der Waals surface area contributed by atoms with Gasteiger partial charge < -0.3 is 60.2 Å². The monoisotopic (exact) mass is 1220 g/mol. The molecular formula is C47H55F4N11O15S4. The average Bonchev–Trinajstić information content (AvgIpc) is 4.27. The molecule has 0 spiro atoms.